The monoisotopic (exact) mass is 655 g/mol. The Kier molecular flexibility index (Phi) is 15.3. The fourth-order valence-electron chi connectivity index (χ4n) is 6.20. The smallest absolute Gasteiger partial charge is 0.355 e. The van der Waals surface area contributed by atoms with Gasteiger partial charge in [-0.3, -0.25) is 9.59 Å². The van der Waals surface area contributed by atoms with Crippen molar-refractivity contribution in [1.82, 2.24) is 4.90 Å². The minimum absolute atomic E-state index is 0.00747. The SMILES string of the molecule is C=CCOC(=O)C(N1C(=O)[C@H]([C@@H](C)O[Si](C)(C)C(C)(C)C)[C@H]1CC(=O)[C@@H]1CCCS1)=P(CCCC)(CCCC)CCCC. The van der Waals surface area contributed by atoms with Crippen LogP contribution in [0.5, 0.6) is 0 Å². The Morgan fingerprint density at radius 2 is 1.65 bits per heavy atom. The average molecular weight is 656 g/mol. The third-order valence-corrected chi connectivity index (χ3v) is 20.6. The van der Waals surface area contributed by atoms with Gasteiger partial charge < -0.3 is 14.1 Å². The first-order valence-corrected chi connectivity index (χ1v) is 23.2. The number of esters is 1. The molecule has 43 heavy (non-hydrogen) atoms. The standard InChI is InChI=1S/C34H62NO5PSSi/c1-11-15-21-41(22-16-12-2,23-17-13-3)32(33(38)39-20-14-4)35-27(25-28(36)29-19-18-24-42-29)30(31(35)37)26(5)40-43(9,10)34(6,7)8/h14,26-27,29-30H,4,11-13,15-25H2,1-3,5-10H3/t26-,27-,29+,30-/m1/s1. The highest BCUT2D eigenvalue weighted by Gasteiger charge is 2.56. The highest BCUT2D eigenvalue weighted by molar-refractivity contribution is 8.00. The quantitative estimate of drug-likeness (QED) is 0.0458. The molecule has 0 aromatic carbocycles. The molecule has 0 aromatic rings. The molecule has 1 amide bonds. The molecule has 0 aliphatic carbocycles. The molecule has 0 spiro atoms. The number of nitrogens with zero attached hydrogens (tertiary/aromatic N) is 1. The molecule has 0 saturated carbocycles. The van der Waals surface area contributed by atoms with Crippen LogP contribution in [0.3, 0.4) is 0 Å². The highest BCUT2D eigenvalue weighted by Crippen LogP contribution is 2.55. The largest absolute Gasteiger partial charge is 0.457 e. The summed E-state index contributed by atoms with van der Waals surface area (Å²) in [6.07, 6.45) is 12.4. The van der Waals surface area contributed by atoms with Gasteiger partial charge in [-0.15, -0.1) is 0 Å². The Balaban J connectivity index is 2.73. The van der Waals surface area contributed by atoms with Crippen LogP contribution in [0, 0.1) is 5.92 Å². The molecule has 2 heterocycles. The van der Waals surface area contributed by atoms with Crippen molar-refractivity contribution in [3.05, 3.63) is 12.7 Å². The number of rotatable bonds is 19. The van der Waals surface area contributed by atoms with Gasteiger partial charge in [-0.05, 0) is 81.4 Å². The number of ether oxygens (including phenoxy) is 1. The van der Waals surface area contributed by atoms with Crippen molar-refractivity contribution >= 4 is 50.0 Å². The van der Waals surface area contributed by atoms with Gasteiger partial charge in [-0.2, -0.15) is 11.8 Å². The zero-order valence-electron chi connectivity index (χ0n) is 28.8. The van der Waals surface area contributed by atoms with Crippen LogP contribution in [0.2, 0.25) is 18.1 Å². The van der Waals surface area contributed by atoms with Crippen molar-refractivity contribution in [2.45, 2.75) is 142 Å². The van der Waals surface area contributed by atoms with Crippen LogP contribution in [0.1, 0.15) is 106 Å². The van der Waals surface area contributed by atoms with E-state index in [1.165, 1.54) is 0 Å². The molecule has 0 aromatic heterocycles. The van der Waals surface area contributed by atoms with Gasteiger partial charge in [0, 0.05) is 6.42 Å². The second-order valence-corrected chi connectivity index (χ2v) is 24.3. The van der Waals surface area contributed by atoms with E-state index in [0.29, 0.717) is 5.42 Å². The lowest BCUT2D eigenvalue weighted by atomic mass is 9.80. The Bertz CT molecular complexity index is 988. The van der Waals surface area contributed by atoms with Gasteiger partial charge >= 0.3 is 5.97 Å². The number of likely N-dealkylation sites (tertiary alicyclic amines) is 1. The maximum absolute atomic E-state index is 14.5. The maximum Gasteiger partial charge on any atom is 0.355 e. The molecule has 248 valence electrons. The van der Waals surface area contributed by atoms with E-state index in [4.69, 9.17) is 9.16 Å². The van der Waals surface area contributed by atoms with E-state index in [0.717, 1.165) is 75.6 Å². The van der Waals surface area contributed by atoms with Crippen LogP contribution in [0.25, 0.3) is 0 Å². The van der Waals surface area contributed by atoms with Gasteiger partial charge in [-0.1, -0.05) is 80.3 Å². The summed E-state index contributed by atoms with van der Waals surface area (Å²) < 4.78 is 12.6. The summed E-state index contributed by atoms with van der Waals surface area (Å²) in [6, 6.07) is -0.378. The van der Waals surface area contributed by atoms with E-state index >= 15 is 0 Å². The zero-order valence-corrected chi connectivity index (χ0v) is 31.5. The van der Waals surface area contributed by atoms with Crippen LogP contribution >= 0.6 is 18.6 Å². The number of ketones is 1. The molecule has 0 unspecified atom stereocenters. The van der Waals surface area contributed by atoms with Crippen molar-refractivity contribution in [2.24, 2.45) is 5.92 Å². The summed E-state index contributed by atoms with van der Waals surface area (Å²) in [4.78, 5) is 44.1. The number of unbranched alkanes of at least 4 members (excludes halogenated alkanes) is 3. The van der Waals surface area contributed by atoms with Gasteiger partial charge in [0.2, 0.25) is 5.91 Å². The van der Waals surface area contributed by atoms with Crippen molar-refractivity contribution in [1.29, 1.82) is 0 Å². The highest BCUT2D eigenvalue weighted by atomic mass is 32.2. The van der Waals surface area contributed by atoms with Crippen molar-refractivity contribution in [3.63, 3.8) is 0 Å². The first kappa shape index (κ1) is 38.4. The van der Waals surface area contributed by atoms with Crippen LogP contribution in [-0.4, -0.2) is 84.5 Å². The first-order valence-electron chi connectivity index (χ1n) is 16.9. The summed E-state index contributed by atoms with van der Waals surface area (Å²) in [5.74, 6) is 0.310. The predicted octanol–water partition coefficient (Wildman–Crippen LogP) is 8.36. The average Bonchev–Trinajstić information content (AvgIpc) is 3.49. The van der Waals surface area contributed by atoms with E-state index in [1.54, 1.807) is 22.7 Å². The molecule has 0 bridgehead atoms. The summed E-state index contributed by atoms with van der Waals surface area (Å²) >= 11 is 1.74. The first-order chi connectivity index (χ1) is 20.2. The van der Waals surface area contributed by atoms with Gasteiger partial charge in [0.25, 0.3) is 0 Å². The number of hydrogen-bond donors (Lipinski definition) is 0. The number of carbonyl (C=O) groups is 3. The van der Waals surface area contributed by atoms with Gasteiger partial charge in [0.1, 0.15) is 17.8 Å². The molecule has 9 heteroatoms. The number of thioether (sulfide) groups is 1. The molecule has 2 aliphatic heterocycles. The summed E-state index contributed by atoms with van der Waals surface area (Å²) in [7, 11) is -2.18. The Hall–Kier alpha value is -0.823. The van der Waals surface area contributed by atoms with Gasteiger partial charge in [0.15, 0.2) is 8.32 Å². The lowest BCUT2D eigenvalue weighted by Crippen LogP contribution is -2.69. The summed E-state index contributed by atoms with van der Waals surface area (Å²) in [6.45, 7) is 21.4. The number of hydrogen-bond acceptors (Lipinski definition) is 6. The minimum atomic E-state index is -2.18. The Morgan fingerprint density at radius 1 is 1.09 bits per heavy atom. The van der Waals surface area contributed by atoms with E-state index in [1.807, 2.05) is 6.92 Å². The molecular formula is C34H62NO5PSSi. The van der Waals surface area contributed by atoms with Crippen molar-refractivity contribution < 1.29 is 23.5 Å². The summed E-state index contributed by atoms with van der Waals surface area (Å²) in [5.41, 5.74) is 0.599. The second-order valence-electron chi connectivity index (χ2n) is 14.1. The zero-order chi connectivity index (χ0) is 32.4. The van der Waals surface area contributed by atoms with E-state index in [-0.39, 0.29) is 53.1 Å². The van der Waals surface area contributed by atoms with E-state index in [9.17, 15) is 14.4 Å². The molecule has 2 rings (SSSR count). The van der Waals surface area contributed by atoms with Crippen molar-refractivity contribution in [3.8, 4) is 0 Å². The van der Waals surface area contributed by atoms with Crippen LogP contribution < -0.4 is 0 Å². The number of Topliss-reactive ketones (excluding diaryl/α,β-unsaturated/α-hetero) is 1. The number of β-lactam (4-membered cyclic amide) rings is 1. The van der Waals surface area contributed by atoms with Gasteiger partial charge in [-0.25, -0.2) is 4.79 Å². The topological polar surface area (TPSA) is 72.9 Å². The van der Waals surface area contributed by atoms with Crippen LogP contribution in [0.15, 0.2) is 12.7 Å². The number of carbonyl (C=O) groups excluding carboxylic acids is 3. The lowest BCUT2D eigenvalue weighted by molar-refractivity contribution is -0.158. The molecule has 6 nitrogen and oxygen atoms in total. The fraction of sp³-hybridized carbons (Fsp3) is 0.824. The van der Waals surface area contributed by atoms with E-state index in [2.05, 4.69) is 61.2 Å². The second kappa shape index (κ2) is 17.2. The molecular weight excluding hydrogens is 594 g/mol. The Morgan fingerprint density at radius 3 is 2.09 bits per heavy atom. The van der Waals surface area contributed by atoms with Crippen LogP contribution in [-0.2, 0) is 23.5 Å². The lowest BCUT2D eigenvalue weighted by Gasteiger charge is -2.53. The predicted molar refractivity (Wildman–Crippen MR) is 189 cm³/mol. The van der Waals surface area contributed by atoms with Gasteiger partial charge in [0.05, 0.1) is 23.3 Å². The molecule has 2 aliphatic rings. The molecule has 4 atom stereocenters. The molecule has 2 saturated heterocycles. The number of amides is 1. The van der Waals surface area contributed by atoms with Crippen LogP contribution in [0.4, 0.5) is 0 Å². The van der Waals surface area contributed by atoms with E-state index < -0.39 is 21.1 Å². The normalized spacial score (nSPS) is 21.8. The minimum Gasteiger partial charge on any atom is -0.457 e. The third-order valence-electron chi connectivity index (χ3n) is 9.77. The third kappa shape index (κ3) is 9.59. The van der Waals surface area contributed by atoms with Crippen molar-refractivity contribution in [2.75, 3.05) is 30.8 Å². The molecule has 2 fully saturated rings. The molecule has 0 N–H and O–H groups in total. The Labute approximate surface area is 269 Å². The fourth-order valence-corrected chi connectivity index (χ4v) is 14.1. The maximum atomic E-state index is 14.5. The molecule has 0 radical (unpaired) electrons. The summed E-state index contributed by atoms with van der Waals surface area (Å²) in [5, 5.41) is -0.0299.